The number of hydrogen-bond donors (Lipinski definition) is 0. The first-order valence-corrected chi connectivity index (χ1v) is 10.3. The quantitative estimate of drug-likeness (QED) is 0.549. The maximum absolute atomic E-state index is 15.1. The lowest BCUT2D eigenvalue weighted by Gasteiger charge is -2.28. The Hall–Kier alpha value is -1.70. The van der Waals surface area contributed by atoms with Gasteiger partial charge in [-0.25, -0.2) is 8.78 Å². The van der Waals surface area contributed by atoms with Crippen LogP contribution in [0.5, 0.6) is 0 Å². The number of halogens is 2. The van der Waals surface area contributed by atoms with Gasteiger partial charge in [0.25, 0.3) is 0 Å². The molecule has 0 saturated heterocycles. The van der Waals surface area contributed by atoms with Crippen LogP contribution < -0.4 is 0 Å². The third-order valence-electron chi connectivity index (χ3n) is 6.51. The fourth-order valence-corrected chi connectivity index (χ4v) is 4.93. The number of hydrogen-bond acceptors (Lipinski definition) is 0. The predicted octanol–water partition coefficient (Wildman–Crippen LogP) is 7.10. The van der Waals surface area contributed by atoms with E-state index < -0.39 is 0 Å². The Kier molecular flexibility index (Phi) is 5.38. The number of fused-ring (bicyclic) bond motifs is 1. The van der Waals surface area contributed by atoms with Gasteiger partial charge in [0.15, 0.2) is 0 Å². The average molecular weight is 354 g/mol. The highest BCUT2D eigenvalue weighted by Gasteiger charge is 2.24. The summed E-state index contributed by atoms with van der Waals surface area (Å²) >= 11 is 0. The van der Waals surface area contributed by atoms with Crippen molar-refractivity contribution in [1.29, 1.82) is 0 Å². The molecule has 0 spiro atoms. The van der Waals surface area contributed by atoms with E-state index in [0.717, 1.165) is 36.3 Å². The van der Waals surface area contributed by atoms with E-state index in [1.807, 2.05) is 6.07 Å². The third-order valence-corrected chi connectivity index (χ3v) is 6.51. The highest BCUT2D eigenvalue weighted by atomic mass is 19.1. The van der Waals surface area contributed by atoms with E-state index in [1.54, 1.807) is 12.1 Å². The molecule has 138 valence electrons. The van der Waals surface area contributed by atoms with Gasteiger partial charge in [-0.15, -0.1) is 0 Å². The number of rotatable bonds is 4. The summed E-state index contributed by atoms with van der Waals surface area (Å²) in [5.74, 6) is 1.26. The van der Waals surface area contributed by atoms with Gasteiger partial charge in [-0.3, -0.25) is 0 Å². The molecule has 1 atom stereocenters. The molecule has 2 aliphatic rings. The van der Waals surface area contributed by atoms with Gasteiger partial charge in [0, 0.05) is 5.56 Å². The first kappa shape index (κ1) is 17.7. The van der Waals surface area contributed by atoms with Gasteiger partial charge < -0.3 is 0 Å². The molecule has 1 unspecified atom stereocenters. The third kappa shape index (κ3) is 3.84. The van der Waals surface area contributed by atoms with E-state index in [4.69, 9.17) is 0 Å². The normalized spacial score (nSPS) is 20.8. The van der Waals surface area contributed by atoms with Crippen LogP contribution in [0.2, 0.25) is 0 Å². The first-order valence-electron chi connectivity index (χ1n) is 10.3. The van der Waals surface area contributed by atoms with E-state index in [2.05, 4.69) is 6.07 Å². The maximum Gasteiger partial charge on any atom is 0.134 e. The topological polar surface area (TPSA) is 0 Å². The lowest BCUT2D eigenvalue weighted by atomic mass is 9.77. The Morgan fingerprint density at radius 1 is 0.769 bits per heavy atom. The summed E-state index contributed by atoms with van der Waals surface area (Å²) in [7, 11) is 0. The molecule has 0 N–H and O–H groups in total. The van der Waals surface area contributed by atoms with Crippen molar-refractivity contribution >= 4 is 0 Å². The Morgan fingerprint density at radius 2 is 1.50 bits per heavy atom. The molecule has 2 aliphatic carbocycles. The molecule has 1 fully saturated rings. The molecule has 2 heteroatoms. The first-order chi connectivity index (χ1) is 12.7. The van der Waals surface area contributed by atoms with Gasteiger partial charge >= 0.3 is 0 Å². The minimum Gasteiger partial charge on any atom is -0.207 e. The summed E-state index contributed by atoms with van der Waals surface area (Å²) in [4.78, 5) is 0. The van der Waals surface area contributed by atoms with Crippen molar-refractivity contribution in [3.8, 4) is 11.1 Å². The van der Waals surface area contributed by atoms with Crippen LogP contribution >= 0.6 is 0 Å². The van der Waals surface area contributed by atoms with Crippen molar-refractivity contribution in [2.24, 2.45) is 11.8 Å². The van der Waals surface area contributed by atoms with Crippen LogP contribution in [0.25, 0.3) is 11.1 Å². The van der Waals surface area contributed by atoms with Gasteiger partial charge in [0.1, 0.15) is 11.6 Å². The largest absolute Gasteiger partial charge is 0.207 e. The van der Waals surface area contributed by atoms with Crippen LogP contribution in [-0.4, -0.2) is 0 Å². The van der Waals surface area contributed by atoms with Gasteiger partial charge in [0.05, 0.1) is 0 Å². The second-order valence-electron chi connectivity index (χ2n) is 8.26. The maximum atomic E-state index is 15.1. The molecular formula is C24H28F2. The highest BCUT2D eigenvalue weighted by Crippen LogP contribution is 2.36. The van der Waals surface area contributed by atoms with Gasteiger partial charge in [0.2, 0.25) is 0 Å². The zero-order valence-electron chi connectivity index (χ0n) is 15.4. The average Bonchev–Trinajstić information content (AvgIpc) is 2.68. The fourth-order valence-electron chi connectivity index (χ4n) is 4.93. The summed E-state index contributed by atoms with van der Waals surface area (Å²) in [5.41, 5.74) is 3.43. The Bertz CT molecular complexity index is 742. The van der Waals surface area contributed by atoms with Crippen molar-refractivity contribution in [3.05, 3.63) is 59.2 Å². The summed E-state index contributed by atoms with van der Waals surface area (Å²) in [6.45, 7) is 0. The lowest BCUT2D eigenvalue weighted by molar-refractivity contribution is 0.296. The van der Waals surface area contributed by atoms with Crippen LogP contribution in [0, 0.1) is 23.5 Å². The molecule has 26 heavy (non-hydrogen) atoms. The van der Waals surface area contributed by atoms with E-state index >= 15 is 4.39 Å². The zero-order valence-corrected chi connectivity index (χ0v) is 15.4. The van der Waals surface area contributed by atoms with Crippen molar-refractivity contribution in [2.75, 3.05) is 0 Å². The zero-order chi connectivity index (χ0) is 17.9. The molecule has 0 aromatic heterocycles. The SMILES string of the molecule is Fc1ccc(-c2ccc3c(c2F)CCC(CCC2CCCCC2)C3)cc1. The molecule has 2 aromatic rings. The van der Waals surface area contributed by atoms with Gasteiger partial charge in [-0.1, -0.05) is 62.8 Å². The van der Waals surface area contributed by atoms with Crippen molar-refractivity contribution < 1.29 is 8.78 Å². The molecule has 0 heterocycles. The number of benzene rings is 2. The Labute approximate surface area is 155 Å². The molecule has 0 bridgehead atoms. The van der Waals surface area contributed by atoms with Gasteiger partial charge in [-0.05, 0) is 66.3 Å². The molecular weight excluding hydrogens is 326 g/mol. The van der Waals surface area contributed by atoms with Gasteiger partial charge in [-0.2, -0.15) is 0 Å². The summed E-state index contributed by atoms with van der Waals surface area (Å²) < 4.78 is 28.2. The molecule has 0 radical (unpaired) electrons. The second kappa shape index (κ2) is 7.90. The van der Waals surface area contributed by atoms with Crippen molar-refractivity contribution in [2.45, 2.75) is 64.2 Å². The molecule has 4 rings (SSSR count). The van der Waals surface area contributed by atoms with Crippen LogP contribution in [0.4, 0.5) is 8.78 Å². The molecule has 1 saturated carbocycles. The summed E-state index contributed by atoms with van der Waals surface area (Å²) in [6, 6.07) is 10.1. The monoisotopic (exact) mass is 354 g/mol. The van der Waals surface area contributed by atoms with E-state index in [-0.39, 0.29) is 11.6 Å². The standard InChI is InChI=1S/C24H28F2/c25-21-12-9-19(10-13-21)22-15-11-20-16-18(8-14-23(20)24(22)26)7-6-17-4-2-1-3-5-17/h9-13,15,17-18H,1-8,14,16H2. The van der Waals surface area contributed by atoms with Crippen LogP contribution in [0.15, 0.2) is 36.4 Å². The second-order valence-corrected chi connectivity index (χ2v) is 8.26. The highest BCUT2D eigenvalue weighted by molar-refractivity contribution is 5.66. The van der Waals surface area contributed by atoms with E-state index in [1.165, 1.54) is 62.6 Å². The minimum atomic E-state index is -0.284. The Morgan fingerprint density at radius 3 is 2.27 bits per heavy atom. The van der Waals surface area contributed by atoms with Crippen LogP contribution in [0.1, 0.15) is 62.5 Å². The van der Waals surface area contributed by atoms with E-state index in [9.17, 15) is 4.39 Å². The van der Waals surface area contributed by atoms with E-state index in [0.29, 0.717) is 11.5 Å². The smallest absolute Gasteiger partial charge is 0.134 e. The molecule has 2 aromatic carbocycles. The predicted molar refractivity (Wildman–Crippen MR) is 103 cm³/mol. The minimum absolute atomic E-state index is 0.0974. The van der Waals surface area contributed by atoms with Crippen LogP contribution in [-0.2, 0) is 12.8 Å². The Balaban J connectivity index is 1.45. The lowest BCUT2D eigenvalue weighted by Crippen LogP contribution is -2.17. The van der Waals surface area contributed by atoms with Crippen molar-refractivity contribution in [1.82, 2.24) is 0 Å². The van der Waals surface area contributed by atoms with Crippen molar-refractivity contribution in [3.63, 3.8) is 0 Å². The fraction of sp³-hybridized carbons (Fsp3) is 0.500. The van der Waals surface area contributed by atoms with Crippen LogP contribution in [0.3, 0.4) is 0 Å². The summed E-state index contributed by atoms with van der Waals surface area (Å²) in [6.07, 6.45) is 12.7. The molecule has 0 nitrogen and oxygen atoms in total. The molecule has 0 aliphatic heterocycles. The molecule has 0 amide bonds. The summed E-state index contributed by atoms with van der Waals surface area (Å²) in [5, 5.41) is 0.